The van der Waals surface area contributed by atoms with Crippen LogP contribution in [0.3, 0.4) is 0 Å². The van der Waals surface area contributed by atoms with Crippen molar-refractivity contribution in [3.63, 3.8) is 0 Å². The molecule has 0 saturated carbocycles. The molecule has 2 unspecified atom stereocenters. The SMILES string of the molecule is CC1CNCC(C(=O)N2CCN(S(C)(=O)=O)CC2)C1. The van der Waals surface area contributed by atoms with Gasteiger partial charge in [-0.05, 0) is 18.9 Å². The number of amides is 1. The Morgan fingerprint density at radius 3 is 2.32 bits per heavy atom. The van der Waals surface area contributed by atoms with Crippen molar-refractivity contribution in [2.24, 2.45) is 11.8 Å². The molecule has 2 heterocycles. The number of rotatable bonds is 2. The van der Waals surface area contributed by atoms with Crippen molar-refractivity contribution in [2.75, 3.05) is 45.5 Å². The smallest absolute Gasteiger partial charge is 0.227 e. The Labute approximate surface area is 115 Å². The number of piperidine rings is 1. The number of carbonyl (C=O) groups is 1. The number of sulfonamides is 1. The summed E-state index contributed by atoms with van der Waals surface area (Å²) in [6, 6.07) is 0. The molecule has 0 aromatic heterocycles. The predicted octanol–water partition coefficient (Wildman–Crippen LogP) is -0.664. The predicted molar refractivity (Wildman–Crippen MR) is 73.1 cm³/mol. The molecule has 0 aliphatic carbocycles. The molecular formula is C12H23N3O3S. The van der Waals surface area contributed by atoms with E-state index < -0.39 is 10.0 Å². The average molecular weight is 289 g/mol. The first kappa shape index (κ1) is 14.7. The van der Waals surface area contributed by atoms with Gasteiger partial charge in [-0.25, -0.2) is 8.42 Å². The first-order valence-electron chi connectivity index (χ1n) is 6.82. The Hall–Kier alpha value is -0.660. The van der Waals surface area contributed by atoms with Crippen LogP contribution in [-0.4, -0.2) is 69.1 Å². The van der Waals surface area contributed by atoms with Crippen LogP contribution in [-0.2, 0) is 14.8 Å². The Balaban J connectivity index is 1.89. The Morgan fingerprint density at radius 1 is 1.16 bits per heavy atom. The standard InChI is InChI=1S/C12H23N3O3S/c1-10-7-11(9-13-8-10)12(16)14-3-5-15(6-4-14)19(2,17)18/h10-11,13H,3-9H2,1-2H3. The topological polar surface area (TPSA) is 69.7 Å². The Kier molecular flexibility index (Phi) is 4.47. The molecular weight excluding hydrogens is 266 g/mol. The van der Waals surface area contributed by atoms with E-state index in [1.54, 1.807) is 0 Å². The molecule has 6 nitrogen and oxygen atoms in total. The van der Waals surface area contributed by atoms with Crippen molar-refractivity contribution in [3.8, 4) is 0 Å². The summed E-state index contributed by atoms with van der Waals surface area (Å²) in [5.41, 5.74) is 0. The van der Waals surface area contributed by atoms with Gasteiger partial charge in [-0.1, -0.05) is 6.92 Å². The second kappa shape index (κ2) is 5.76. The lowest BCUT2D eigenvalue weighted by Crippen LogP contribution is -2.53. The summed E-state index contributed by atoms with van der Waals surface area (Å²) in [6.45, 7) is 5.73. The van der Waals surface area contributed by atoms with Crippen molar-refractivity contribution in [1.82, 2.24) is 14.5 Å². The minimum absolute atomic E-state index is 0.0496. The van der Waals surface area contributed by atoms with Crippen LogP contribution in [0.5, 0.6) is 0 Å². The molecule has 0 spiro atoms. The van der Waals surface area contributed by atoms with Crippen LogP contribution in [0.25, 0.3) is 0 Å². The first-order chi connectivity index (χ1) is 8.88. The molecule has 1 N–H and O–H groups in total. The molecule has 0 bridgehead atoms. The van der Waals surface area contributed by atoms with E-state index in [0.717, 1.165) is 19.5 Å². The molecule has 0 aromatic carbocycles. The fraction of sp³-hybridized carbons (Fsp3) is 0.917. The van der Waals surface area contributed by atoms with Gasteiger partial charge < -0.3 is 10.2 Å². The van der Waals surface area contributed by atoms with Gasteiger partial charge in [0.05, 0.1) is 12.2 Å². The highest BCUT2D eigenvalue weighted by Crippen LogP contribution is 2.19. The van der Waals surface area contributed by atoms with Crippen LogP contribution in [0, 0.1) is 11.8 Å². The zero-order valence-corrected chi connectivity index (χ0v) is 12.4. The number of hydrogen-bond acceptors (Lipinski definition) is 4. The van der Waals surface area contributed by atoms with E-state index in [0.29, 0.717) is 32.1 Å². The first-order valence-corrected chi connectivity index (χ1v) is 8.67. The van der Waals surface area contributed by atoms with Gasteiger partial charge >= 0.3 is 0 Å². The Morgan fingerprint density at radius 2 is 1.79 bits per heavy atom. The van der Waals surface area contributed by atoms with Crippen LogP contribution in [0.15, 0.2) is 0 Å². The van der Waals surface area contributed by atoms with Gasteiger partial charge in [0, 0.05) is 32.7 Å². The highest BCUT2D eigenvalue weighted by molar-refractivity contribution is 7.88. The lowest BCUT2D eigenvalue weighted by Gasteiger charge is -2.37. The maximum atomic E-state index is 12.4. The minimum atomic E-state index is -3.13. The highest BCUT2D eigenvalue weighted by Gasteiger charge is 2.31. The number of nitrogens with one attached hydrogen (secondary N) is 1. The number of piperazine rings is 1. The van der Waals surface area contributed by atoms with Crippen molar-refractivity contribution >= 4 is 15.9 Å². The van der Waals surface area contributed by atoms with Gasteiger partial charge in [0.1, 0.15) is 0 Å². The van der Waals surface area contributed by atoms with Crippen molar-refractivity contribution in [2.45, 2.75) is 13.3 Å². The summed E-state index contributed by atoms with van der Waals surface area (Å²) in [7, 11) is -3.13. The molecule has 1 amide bonds. The summed E-state index contributed by atoms with van der Waals surface area (Å²) < 4.78 is 24.3. The van der Waals surface area contributed by atoms with Crippen LogP contribution >= 0.6 is 0 Å². The van der Waals surface area contributed by atoms with Gasteiger partial charge in [0.15, 0.2) is 0 Å². The lowest BCUT2D eigenvalue weighted by molar-refractivity contribution is -0.137. The molecule has 0 radical (unpaired) electrons. The van der Waals surface area contributed by atoms with Crippen molar-refractivity contribution < 1.29 is 13.2 Å². The zero-order chi connectivity index (χ0) is 14.0. The molecule has 2 rings (SSSR count). The Bertz CT molecular complexity index is 430. The maximum Gasteiger partial charge on any atom is 0.227 e. The molecule has 2 aliphatic heterocycles. The van der Waals surface area contributed by atoms with Crippen LogP contribution in [0.4, 0.5) is 0 Å². The van der Waals surface area contributed by atoms with Crippen LogP contribution in [0.1, 0.15) is 13.3 Å². The van der Waals surface area contributed by atoms with E-state index in [1.807, 2.05) is 4.90 Å². The normalized spacial score (nSPS) is 30.3. The second-order valence-electron chi connectivity index (χ2n) is 5.68. The molecule has 2 aliphatic rings. The van der Waals surface area contributed by atoms with Gasteiger partial charge in [-0.15, -0.1) is 0 Å². The quantitative estimate of drug-likeness (QED) is 0.732. The van der Waals surface area contributed by atoms with E-state index in [1.165, 1.54) is 10.6 Å². The summed E-state index contributed by atoms with van der Waals surface area (Å²) in [6.07, 6.45) is 2.15. The summed E-state index contributed by atoms with van der Waals surface area (Å²) in [5, 5.41) is 3.28. The fourth-order valence-corrected chi connectivity index (χ4v) is 3.67. The van der Waals surface area contributed by atoms with E-state index >= 15 is 0 Å². The molecule has 2 atom stereocenters. The van der Waals surface area contributed by atoms with E-state index in [9.17, 15) is 13.2 Å². The van der Waals surface area contributed by atoms with Crippen LogP contribution in [0.2, 0.25) is 0 Å². The second-order valence-corrected chi connectivity index (χ2v) is 7.67. The summed E-state index contributed by atoms with van der Waals surface area (Å²) in [4.78, 5) is 14.2. The average Bonchev–Trinajstić information content (AvgIpc) is 2.37. The maximum absolute atomic E-state index is 12.4. The van der Waals surface area contributed by atoms with Gasteiger partial charge in [-0.3, -0.25) is 4.79 Å². The third-order valence-corrected chi connectivity index (χ3v) is 5.24. The molecule has 19 heavy (non-hydrogen) atoms. The largest absolute Gasteiger partial charge is 0.340 e. The molecule has 7 heteroatoms. The monoisotopic (exact) mass is 289 g/mol. The van der Waals surface area contributed by atoms with Crippen molar-refractivity contribution in [3.05, 3.63) is 0 Å². The van der Waals surface area contributed by atoms with E-state index in [2.05, 4.69) is 12.2 Å². The van der Waals surface area contributed by atoms with Gasteiger partial charge in [0.25, 0.3) is 0 Å². The highest BCUT2D eigenvalue weighted by atomic mass is 32.2. The molecule has 2 fully saturated rings. The van der Waals surface area contributed by atoms with Gasteiger partial charge in [-0.2, -0.15) is 4.31 Å². The lowest BCUT2D eigenvalue weighted by atomic mass is 9.90. The molecule has 110 valence electrons. The number of nitrogens with zero attached hydrogens (tertiary/aromatic N) is 2. The fourth-order valence-electron chi connectivity index (χ4n) is 2.84. The van der Waals surface area contributed by atoms with Crippen LogP contribution < -0.4 is 5.32 Å². The van der Waals surface area contributed by atoms with Gasteiger partial charge in [0.2, 0.25) is 15.9 Å². The third kappa shape index (κ3) is 3.67. The minimum Gasteiger partial charge on any atom is -0.340 e. The number of hydrogen-bond donors (Lipinski definition) is 1. The van der Waals surface area contributed by atoms with E-state index in [4.69, 9.17) is 0 Å². The molecule has 0 aromatic rings. The molecule has 2 saturated heterocycles. The van der Waals surface area contributed by atoms with E-state index in [-0.39, 0.29) is 11.8 Å². The van der Waals surface area contributed by atoms with Crippen molar-refractivity contribution in [1.29, 1.82) is 0 Å². The number of carbonyl (C=O) groups excluding carboxylic acids is 1. The zero-order valence-electron chi connectivity index (χ0n) is 11.6. The third-order valence-electron chi connectivity index (χ3n) is 3.94. The summed E-state index contributed by atoms with van der Waals surface area (Å²) >= 11 is 0. The summed E-state index contributed by atoms with van der Waals surface area (Å²) in [5.74, 6) is 0.751.